The van der Waals surface area contributed by atoms with E-state index in [1.807, 2.05) is 55.5 Å². The van der Waals surface area contributed by atoms with Crippen LogP contribution < -0.4 is 5.43 Å². The highest BCUT2D eigenvalue weighted by atomic mass is 16.2. The molecule has 120 valence electrons. The summed E-state index contributed by atoms with van der Waals surface area (Å²) in [6.45, 7) is 4.15. The van der Waals surface area contributed by atoms with Crippen molar-refractivity contribution in [1.29, 1.82) is 0 Å². The van der Waals surface area contributed by atoms with Gasteiger partial charge in [0.15, 0.2) is 0 Å². The molecular formula is C20H24N2O. The fourth-order valence-electron chi connectivity index (χ4n) is 2.41. The minimum Gasteiger partial charge on any atom is -0.267 e. The average Bonchev–Trinajstić information content (AvgIpc) is 2.58. The van der Waals surface area contributed by atoms with Gasteiger partial charge < -0.3 is 0 Å². The Morgan fingerprint density at radius 3 is 2.43 bits per heavy atom. The number of amides is 1. The van der Waals surface area contributed by atoms with Crippen LogP contribution in [0.3, 0.4) is 0 Å². The zero-order valence-electron chi connectivity index (χ0n) is 13.9. The monoisotopic (exact) mass is 308 g/mol. The predicted octanol–water partition coefficient (Wildman–Crippen LogP) is 4.71. The van der Waals surface area contributed by atoms with Gasteiger partial charge >= 0.3 is 0 Å². The van der Waals surface area contributed by atoms with Crippen molar-refractivity contribution in [1.82, 2.24) is 5.43 Å². The van der Waals surface area contributed by atoms with Crippen LogP contribution in [-0.2, 0) is 0 Å². The number of carbonyl (C=O) groups is 1. The van der Waals surface area contributed by atoms with Crippen molar-refractivity contribution in [3.8, 4) is 0 Å². The standard InChI is InChI=1S/C20H24N2O/c1-3-4-6-14-19(17-11-7-5-8-12-17)21-22-20(23)18-13-9-10-16(2)15-18/h5,7-13,15H,3-4,6,14H2,1-2H3,(H,22,23)/b21-19-. The Bertz CT molecular complexity index is 662. The van der Waals surface area contributed by atoms with E-state index in [1.54, 1.807) is 6.07 Å². The molecular weight excluding hydrogens is 284 g/mol. The van der Waals surface area contributed by atoms with Crippen molar-refractivity contribution >= 4 is 11.6 Å². The molecule has 2 rings (SSSR count). The Morgan fingerprint density at radius 2 is 1.74 bits per heavy atom. The summed E-state index contributed by atoms with van der Waals surface area (Å²) in [5, 5.41) is 4.39. The lowest BCUT2D eigenvalue weighted by Crippen LogP contribution is -2.20. The number of hydrogen-bond acceptors (Lipinski definition) is 2. The van der Waals surface area contributed by atoms with Crippen LogP contribution in [0, 0.1) is 6.92 Å². The lowest BCUT2D eigenvalue weighted by atomic mass is 10.0. The maximum atomic E-state index is 12.2. The van der Waals surface area contributed by atoms with Gasteiger partial charge in [-0.1, -0.05) is 67.8 Å². The number of carbonyl (C=O) groups excluding carboxylic acids is 1. The molecule has 1 amide bonds. The first kappa shape index (κ1) is 16.9. The topological polar surface area (TPSA) is 41.5 Å². The van der Waals surface area contributed by atoms with Gasteiger partial charge in [-0.25, -0.2) is 5.43 Å². The molecule has 0 heterocycles. The quantitative estimate of drug-likeness (QED) is 0.449. The minimum absolute atomic E-state index is 0.169. The Labute approximate surface area is 138 Å². The summed E-state index contributed by atoms with van der Waals surface area (Å²) >= 11 is 0. The van der Waals surface area contributed by atoms with E-state index in [0.717, 1.165) is 42.5 Å². The van der Waals surface area contributed by atoms with Gasteiger partial charge in [0.25, 0.3) is 5.91 Å². The Kier molecular flexibility index (Phi) is 6.55. The molecule has 2 aromatic rings. The molecule has 0 aliphatic rings. The number of benzene rings is 2. The molecule has 3 nitrogen and oxygen atoms in total. The average molecular weight is 308 g/mol. The number of nitrogens with zero attached hydrogens (tertiary/aromatic N) is 1. The van der Waals surface area contributed by atoms with Gasteiger partial charge in [-0.3, -0.25) is 4.79 Å². The number of unbranched alkanes of at least 4 members (excludes halogenated alkanes) is 2. The Balaban J connectivity index is 2.11. The van der Waals surface area contributed by atoms with Gasteiger partial charge in [-0.2, -0.15) is 5.10 Å². The van der Waals surface area contributed by atoms with Gasteiger partial charge in [-0.15, -0.1) is 0 Å². The zero-order valence-corrected chi connectivity index (χ0v) is 13.9. The molecule has 0 atom stereocenters. The molecule has 0 radical (unpaired) electrons. The lowest BCUT2D eigenvalue weighted by molar-refractivity contribution is 0.0954. The summed E-state index contributed by atoms with van der Waals surface area (Å²) in [5.41, 5.74) is 6.39. The highest BCUT2D eigenvalue weighted by Crippen LogP contribution is 2.09. The molecule has 0 aromatic heterocycles. The number of hydrogen-bond donors (Lipinski definition) is 1. The van der Waals surface area contributed by atoms with E-state index in [1.165, 1.54) is 0 Å². The normalized spacial score (nSPS) is 11.3. The fraction of sp³-hybridized carbons (Fsp3) is 0.300. The van der Waals surface area contributed by atoms with E-state index in [4.69, 9.17) is 0 Å². The summed E-state index contributed by atoms with van der Waals surface area (Å²) in [5.74, 6) is -0.169. The van der Waals surface area contributed by atoms with Crippen molar-refractivity contribution in [2.24, 2.45) is 5.10 Å². The highest BCUT2D eigenvalue weighted by molar-refractivity contribution is 6.02. The van der Waals surface area contributed by atoms with Crippen molar-refractivity contribution in [2.45, 2.75) is 39.5 Å². The third-order valence-electron chi connectivity index (χ3n) is 3.70. The van der Waals surface area contributed by atoms with Gasteiger partial charge in [0.1, 0.15) is 0 Å². The van der Waals surface area contributed by atoms with Crippen LogP contribution in [0.2, 0.25) is 0 Å². The van der Waals surface area contributed by atoms with E-state index in [-0.39, 0.29) is 5.91 Å². The summed E-state index contributed by atoms with van der Waals surface area (Å²) in [7, 11) is 0. The van der Waals surface area contributed by atoms with Crippen LogP contribution in [0.15, 0.2) is 59.7 Å². The molecule has 0 spiro atoms. The lowest BCUT2D eigenvalue weighted by Gasteiger charge is -2.08. The largest absolute Gasteiger partial charge is 0.271 e. The first-order valence-electron chi connectivity index (χ1n) is 8.19. The molecule has 3 heteroatoms. The summed E-state index contributed by atoms with van der Waals surface area (Å²) < 4.78 is 0. The van der Waals surface area contributed by atoms with Crippen LogP contribution in [0.1, 0.15) is 54.1 Å². The first-order valence-corrected chi connectivity index (χ1v) is 8.19. The highest BCUT2D eigenvalue weighted by Gasteiger charge is 2.07. The second-order valence-electron chi connectivity index (χ2n) is 5.69. The SMILES string of the molecule is CCCCC/C(=N/NC(=O)c1cccc(C)c1)c1ccccc1. The summed E-state index contributed by atoms with van der Waals surface area (Å²) in [6, 6.07) is 17.6. The predicted molar refractivity (Wildman–Crippen MR) is 95.8 cm³/mol. The summed E-state index contributed by atoms with van der Waals surface area (Å²) in [4.78, 5) is 12.2. The fourth-order valence-corrected chi connectivity index (χ4v) is 2.41. The van der Waals surface area contributed by atoms with Crippen molar-refractivity contribution < 1.29 is 4.79 Å². The maximum Gasteiger partial charge on any atom is 0.271 e. The molecule has 0 bridgehead atoms. The molecule has 2 aromatic carbocycles. The molecule has 0 aliphatic heterocycles. The zero-order chi connectivity index (χ0) is 16.5. The molecule has 0 aliphatic carbocycles. The van der Waals surface area contributed by atoms with E-state index in [0.29, 0.717) is 5.56 Å². The molecule has 0 saturated carbocycles. The second kappa shape index (κ2) is 8.89. The molecule has 1 N–H and O–H groups in total. The van der Waals surface area contributed by atoms with Crippen LogP contribution in [0.4, 0.5) is 0 Å². The first-order chi connectivity index (χ1) is 11.2. The van der Waals surface area contributed by atoms with Gasteiger partial charge in [0, 0.05) is 5.56 Å². The van der Waals surface area contributed by atoms with Crippen molar-refractivity contribution in [3.63, 3.8) is 0 Å². The number of rotatable bonds is 7. The van der Waals surface area contributed by atoms with Gasteiger partial charge in [0.2, 0.25) is 0 Å². The van der Waals surface area contributed by atoms with Crippen molar-refractivity contribution in [3.05, 3.63) is 71.3 Å². The van der Waals surface area contributed by atoms with Gasteiger partial charge in [0.05, 0.1) is 5.71 Å². The Morgan fingerprint density at radius 1 is 1.00 bits per heavy atom. The smallest absolute Gasteiger partial charge is 0.267 e. The van der Waals surface area contributed by atoms with Crippen LogP contribution in [0.5, 0.6) is 0 Å². The van der Waals surface area contributed by atoms with E-state index in [2.05, 4.69) is 17.5 Å². The van der Waals surface area contributed by atoms with E-state index < -0.39 is 0 Å². The maximum absolute atomic E-state index is 12.2. The molecule has 0 fully saturated rings. The number of nitrogens with one attached hydrogen (secondary N) is 1. The van der Waals surface area contributed by atoms with Crippen LogP contribution in [-0.4, -0.2) is 11.6 Å². The minimum atomic E-state index is -0.169. The van der Waals surface area contributed by atoms with Crippen molar-refractivity contribution in [2.75, 3.05) is 0 Å². The molecule has 23 heavy (non-hydrogen) atoms. The molecule has 0 saturated heterocycles. The number of hydrazone groups is 1. The van der Waals surface area contributed by atoms with E-state index in [9.17, 15) is 4.79 Å². The third kappa shape index (κ3) is 5.37. The number of aryl methyl sites for hydroxylation is 1. The summed E-state index contributed by atoms with van der Waals surface area (Å²) in [6.07, 6.45) is 4.27. The van der Waals surface area contributed by atoms with Gasteiger partial charge in [-0.05, 0) is 37.5 Å². The Hall–Kier alpha value is -2.42. The van der Waals surface area contributed by atoms with Crippen LogP contribution in [0.25, 0.3) is 0 Å². The van der Waals surface area contributed by atoms with E-state index >= 15 is 0 Å². The van der Waals surface area contributed by atoms with Crippen LogP contribution >= 0.6 is 0 Å². The second-order valence-corrected chi connectivity index (χ2v) is 5.69. The molecule has 0 unspecified atom stereocenters. The third-order valence-corrected chi connectivity index (χ3v) is 3.70.